The standard InChI is InChI=1S/C24H27ClF2N2O/c1-2-23(28)24(17-3-4-20(26)21(27)13-17)8-5-18(6-9-24)30-22-12-15-7-10-29-14-16(15)11-19(22)25/h3-4,7,10-12,14,17-18,23H,2,5-6,8-9,13,28H2,1H3/t17?,18-,23?,24+. The number of ether oxygens (including phenoxy) is 1. The molecule has 0 radical (unpaired) electrons. The van der Waals surface area contributed by atoms with E-state index < -0.39 is 11.7 Å². The largest absolute Gasteiger partial charge is 0.489 e. The van der Waals surface area contributed by atoms with E-state index in [1.165, 1.54) is 6.08 Å². The van der Waals surface area contributed by atoms with E-state index in [1.807, 2.05) is 24.3 Å². The second-order valence-corrected chi connectivity index (χ2v) is 8.90. The topological polar surface area (TPSA) is 48.1 Å². The van der Waals surface area contributed by atoms with Crippen LogP contribution in [0.15, 0.2) is 54.4 Å². The molecule has 0 amide bonds. The van der Waals surface area contributed by atoms with E-state index in [-0.39, 0.29) is 29.9 Å². The van der Waals surface area contributed by atoms with Crippen molar-refractivity contribution in [2.45, 2.75) is 57.6 Å². The van der Waals surface area contributed by atoms with Gasteiger partial charge in [-0.1, -0.05) is 24.6 Å². The van der Waals surface area contributed by atoms with Crippen molar-refractivity contribution >= 4 is 22.4 Å². The SMILES string of the molecule is CCC(N)[C@]1(C2C=CC(F)=C(F)C2)CC[C@H](Oc2cc3ccncc3cc2Cl)CC1. The van der Waals surface area contributed by atoms with E-state index in [4.69, 9.17) is 22.1 Å². The monoisotopic (exact) mass is 432 g/mol. The van der Waals surface area contributed by atoms with Crippen molar-refractivity contribution in [2.75, 3.05) is 0 Å². The number of benzene rings is 1. The number of hydrogen-bond acceptors (Lipinski definition) is 3. The molecule has 2 N–H and O–H groups in total. The molecular weight excluding hydrogens is 406 g/mol. The summed E-state index contributed by atoms with van der Waals surface area (Å²) in [6.07, 6.45) is 10.7. The Hall–Kier alpha value is -1.98. The third-order valence-corrected chi connectivity index (χ3v) is 7.19. The molecule has 2 unspecified atom stereocenters. The summed E-state index contributed by atoms with van der Waals surface area (Å²) in [7, 11) is 0. The van der Waals surface area contributed by atoms with Crippen LogP contribution in [0.2, 0.25) is 5.02 Å². The number of hydrogen-bond donors (Lipinski definition) is 1. The van der Waals surface area contributed by atoms with Crippen molar-refractivity contribution in [1.29, 1.82) is 0 Å². The molecule has 2 aliphatic rings. The van der Waals surface area contributed by atoms with E-state index in [2.05, 4.69) is 11.9 Å². The van der Waals surface area contributed by atoms with Crippen LogP contribution in [0.3, 0.4) is 0 Å². The van der Waals surface area contributed by atoms with Crippen LogP contribution in [0.25, 0.3) is 10.8 Å². The number of halogens is 3. The Morgan fingerprint density at radius 3 is 2.73 bits per heavy atom. The maximum atomic E-state index is 14.0. The van der Waals surface area contributed by atoms with Gasteiger partial charge in [0.05, 0.1) is 11.1 Å². The van der Waals surface area contributed by atoms with Crippen LogP contribution in [0, 0.1) is 11.3 Å². The van der Waals surface area contributed by atoms with Crippen molar-refractivity contribution in [3.05, 3.63) is 59.4 Å². The quantitative estimate of drug-likeness (QED) is 0.574. The van der Waals surface area contributed by atoms with Gasteiger partial charge < -0.3 is 10.5 Å². The van der Waals surface area contributed by atoms with Crippen molar-refractivity contribution in [1.82, 2.24) is 4.98 Å². The van der Waals surface area contributed by atoms with Crippen LogP contribution >= 0.6 is 11.6 Å². The van der Waals surface area contributed by atoms with Gasteiger partial charge in [-0.2, -0.15) is 0 Å². The molecule has 3 nitrogen and oxygen atoms in total. The van der Waals surface area contributed by atoms with Crippen molar-refractivity contribution in [3.63, 3.8) is 0 Å². The Kier molecular flexibility index (Phi) is 6.12. The Labute approximate surface area is 181 Å². The lowest BCUT2D eigenvalue weighted by atomic mass is 9.59. The molecule has 0 saturated heterocycles. The fraction of sp³-hybridized carbons (Fsp3) is 0.458. The van der Waals surface area contributed by atoms with E-state index >= 15 is 0 Å². The van der Waals surface area contributed by atoms with Gasteiger partial charge in [0.1, 0.15) is 11.6 Å². The third-order valence-electron chi connectivity index (χ3n) is 6.90. The number of aromatic nitrogens is 1. The first kappa shape index (κ1) is 21.3. The van der Waals surface area contributed by atoms with Gasteiger partial charge >= 0.3 is 0 Å². The Bertz CT molecular complexity index is 982. The average molecular weight is 433 g/mol. The maximum absolute atomic E-state index is 14.0. The van der Waals surface area contributed by atoms with Crippen LogP contribution < -0.4 is 10.5 Å². The lowest BCUT2D eigenvalue weighted by Gasteiger charge is -2.48. The number of rotatable bonds is 5. The molecule has 6 heteroatoms. The first-order valence-corrected chi connectivity index (χ1v) is 11.0. The predicted molar refractivity (Wildman–Crippen MR) is 117 cm³/mol. The highest BCUT2D eigenvalue weighted by Crippen LogP contribution is 2.50. The minimum absolute atomic E-state index is 0.0173. The Morgan fingerprint density at radius 2 is 2.03 bits per heavy atom. The van der Waals surface area contributed by atoms with E-state index in [9.17, 15) is 8.78 Å². The van der Waals surface area contributed by atoms with Crippen LogP contribution in [0.1, 0.15) is 45.4 Å². The summed E-state index contributed by atoms with van der Waals surface area (Å²) < 4.78 is 33.8. The molecule has 1 aromatic carbocycles. The fourth-order valence-electron chi connectivity index (χ4n) is 5.07. The first-order valence-electron chi connectivity index (χ1n) is 10.6. The molecule has 1 heterocycles. The molecule has 2 aliphatic carbocycles. The van der Waals surface area contributed by atoms with Gasteiger partial charge in [-0.15, -0.1) is 0 Å². The molecule has 4 rings (SSSR count). The molecular formula is C24H27ClF2N2O. The summed E-state index contributed by atoms with van der Waals surface area (Å²) in [6, 6.07) is 5.68. The highest BCUT2D eigenvalue weighted by molar-refractivity contribution is 6.32. The molecule has 1 aromatic heterocycles. The maximum Gasteiger partial charge on any atom is 0.154 e. The zero-order chi connectivity index (χ0) is 21.3. The molecule has 160 valence electrons. The van der Waals surface area contributed by atoms with Crippen molar-refractivity contribution in [2.24, 2.45) is 17.1 Å². The summed E-state index contributed by atoms with van der Waals surface area (Å²) in [5, 5.41) is 2.56. The molecule has 2 atom stereocenters. The van der Waals surface area contributed by atoms with Crippen LogP contribution in [0.5, 0.6) is 5.75 Å². The smallest absolute Gasteiger partial charge is 0.154 e. The number of fused-ring (bicyclic) bond motifs is 1. The second-order valence-electron chi connectivity index (χ2n) is 8.49. The van der Waals surface area contributed by atoms with Crippen molar-refractivity contribution in [3.8, 4) is 5.75 Å². The number of nitrogens with two attached hydrogens (primary N) is 1. The van der Waals surface area contributed by atoms with E-state index in [1.54, 1.807) is 12.4 Å². The van der Waals surface area contributed by atoms with Crippen LogP contribution in [-0.2, 0) is 0 Å². The predicted octanol–water partition coefficient (Wildman–Crippen LogP) is 6.66. The highest BCUT2D eigenvalue weighted by atomic mass is 35.5. The minimum atomic E-state index is -0.760. The summed E-state index contributed by atoms with van der Waals surface area (Å²) in [5.74, 6) is -0.850. The normalized spacial score (nSPS) is 28.0. The second kappa shape index (κ2) is 8.64. The number of allylic oxidation sites excluding steroid dienone is 4. The zero-order valence-electron chi connectivity index (χ0n) is 17.1. The summed E-state index contributed by atoms with van der Waals surface area (Å²) in [4.78, 5) is 4.12. The van der Waals surface area contributed by atoms with Gasteiger partial charge in [0.15, 0.2) is 5.83 Å². The fourth-order valence-corrected chi connectivity index (χ4v) is 5.29. The lowest BCUT2D eigenvalue weighted by molar-refractivity contribution is 0.0267. The highest BCUT2D eigenvalue weighted by Gasteiger charge is 2.46. The molecule has 0 bridgehead atoms. The Morgan fingerprint density at radius 1 is 1.27 bits per heavy atom. The minimum Gasteiger partial charge on any atom is -0.489 e. The Balaban J connectivity index is 1.50. The zero-order valence-corrected chi connectivity index (χ0v) is 17.8. The van der Waals surface area contributed by atoms with Gasteiger partial charge in [-0.05, 0) is 73.1 Å². The molecule has 2 aromatic rings. The van der Waals surface area contributed by atoms with Gasteiger partial charge in [-0.3, -0.25) is 4.98 Å². The molecule has 1 saturated carbocycles. The molecule has 1 fully saturated rings. The van der Waals surface area contributed by atoms with Crippen LogP contribution in [-0.4, -0.2) is 17.1 Å². The van der Waals surface area contributed by atoms with Gasteiger partial charge in [0.25, 0.3) is 0 Å². The molecule has 30 heavy (non-hydrogen) atoms. The van der Waals surface area contributed by atoms with Crippen molar-refractivity contribution < 1.29 is 13.5 Å². The third kappa shape index (κ3) is 3.97. The van der Waals surface area contributed by atoms with Gasteiger partial charge in [0.2, 0.25) is 0 Å². The lowest BCUT2D eigenvalue weighted by Crippen LogP contribution is -2.50. The molecule has 0 spiro atoms. The summed E-state index contributed by atoms with van der Waals surface area (Å²) in [6.45, 7) is 2.05. The van der Waals surface area contributed by atoms with Gasteiger partial charge in [0, 0.05) is 30.2 Å². The van der Waals surface area contributed by atoms with E-state index in [0.717, 1.165) is 42.9 Å². The number of nitrogens with zero attached hydrogens (tertiary/aromatic N) is 1. The summed E-state index contributed by atoms with van der Waals surface area (Å²) in [5.41, 5.74) is 6.30. The van der Waals surface area contributed by atoms with E-state index in [0.29, 0.717) is 10.8 Å². The van der Waals surface area contributed by atoms with Gasteiger partial charge in [-0.25, -0.2) is 8.78 Å². The van der Waals surface area contributed by atoms with Crippen LogP contribution in [0.4, 0.5) is 8.78 Å². The number of pyridine rings is 1. The summed E-state index contributed by atoms with van der Waals surface area (Å²) >= 11 is 6.44. The average Bonchev–Trinajstić information content (AvgIpc) is 2.76. The molecule has 0 aliphatic heterocycles. The first-order chi connectivity index (χ1) is 14.4.